The zero-order valence-corrected chi connectivity index (χ0v) is 14.0. The number of rotatable bonds is 7. The molecule has 0 N–H and O–H groups in total. The molecule has 0 aliphatic rings. The molecular weight excluding hydrogens is 318 g/mol. The van der Waals surface area contributed by atoms with Gasteiger partial charge in [-0.15, -0.1) is 0 Å². The maximum atomic E-state index is 12.1. The second-order valence-electron chi connectivity index (χ2n) is 5.51. The van der Waals surface area contributed by atoms with Crippen molar-refractivity contribution in [3.05, 3.63) is 88.2 Å². The summed E-state index contributed by atoms with van der Waals surface area (Å²) < 4.78 is 16.5. The molecule has 0 saturated heterocycles. The van der Waals surface area contributed by atoms with E-state index < -0.39 is 0 Å². The Labute approximate surface area is 145 Å². The maximum Gasteiger partial charge on any atom is 0.227 e. The van der Waals surface area contributed by atoms with Crippen LogP contribution in [-0.4, -0.2) is 4.98 Å². The molecule has 0 aliphatic heterocycles. The number of aromatic nitrogens is 1. The van der Waals surface area contributed by atoms with Gasteiger partial charge in [0.2, 0.25) is 11.2 Å². The summed E-state index contributed by atoms with van der Waals surface area (Å²) in [5.41, 5.74) is 2.03. The molecule has 128 valence electrons. The van der Waals surface area contributed by atoms with Crippen LogP contribution >= 0.6 is 0 Å². The second-order valence-corrected chi connectivity index (χ2v) is 5.51. The summed E-state index contributed by atoms with van der Waals surface area (Å²) in [6.07, 6.45) is 5.58. The molecule has 2 aromatic heterocycles. The number of benzene rings is 1. The van der Waals surface area contributed by atoms with Crippen molar-refractivity contribution in [3.63, 3.8) is 0 Å². The van der Waals surface area contributed by atoms with Crippen molar-refractivity contribution in [2.75, 3.05) is 0 Å². The van der Waals surface area contributed by atoms with E-state index in [4.69, 9.17) is 13.9 Å². The molecule has 5 heteroatoms. The van der Waals surface area contributed by atoms with E-state index in [0.29, 0.717) is 18.1 Å². The third-order valence-corrected chi connectivity index (χ3v) is 3.69. The fourth-order valence-electron chi connectivity index (χ4n) is 2.24. The van der Waals surface area contributed by atoms with Crippen LogP contribution in [-0.2, 0) is 19.6 Å². The van der Waals surface area contributed by atoms with Gasteiger partial charge >= 0.3 is 0 Å². The average molecular weight is 337 g/mol. The van der Waals surface area contributed by atoms with Gasteiger partial charge < -0.3 is 13.9 Å². The highest BCUT2D eigenvalue weighted by atomic mass is 16.5. The Bertz CT molecular complexity index is 857. The minimum atomic E-state index is -0.235. The Kier molecular flexibility index (Phi) is 5.46. The van der Waals surface area contributed by atoms with Crippen molar-refractivity contribution in [2.24, 2.45) is 0 Å². The van der Waals surface area contributed by atoms with Crippen LogP contribution in [0, 0.1) is 0 Å². The fraction of sp³-hybridized carbons (Fsp3) is 0.200. The number of hydrogen-bond acceptors (Lipinski definition) is 5. The highest BCUT2D eigenvalue weighted by molar-refractivity contribution is 5.23. The van der Waals surface area contributed by atoms with E-state index in [9.17, 15) is 4.79 Å². The van der Waals surface area contributed by atoms with Crippen molar-refractivity contribution < 1.29 is 13.9 Å². The zero-order chi connectivity index (χ0) is 17.5. The summed E-state index contributed by atoms with van der Waals surface area (Å²) >= 11 is 0. The standard InChI is InChI=1S/C20H19NO4/c1-2-15-5-7-16(8-6-15)12-25-20-14-24-18(10-19(20)22)13-23-17-4-3-9-21-11-17/h3-11,14H,2,12-13H2,1H3. The van der Waals surface area contributed by atoms with Gasteiger partial charge in [0.05, 0.1) is 6.20 Å². The van der Waals surface area contributed by atoms with Gasteiger partial charge in [-0.25, -0.2) is 0 Å². The normalized spacial score (nSPS) is 10.4. The predicted octanol–water partition coefficient (Wildman–Crippen LogP) is 3.76. The van der Waals surface area contributed by atoms with E-state index in [1.807, 2.05) is 12.1 Å². The fourth-order valence-corrected chi connectivity index (χ4v) is 2.24. The zero-order valence-electron chi connectivity index (χ0n) is 14.0. The minimum absolute atomic E-state index is 0.152. The molecule has 1 aromatic carbocycles. The highest BCUT2D eigenvalue weighted by Gasteiger charge is 2.06. The summed E-state index contributed by atoms with van der Waals surface area (Å²) in [5.74, 6) is 1.22. The first-order chi connectivity index (χ1) is 12.2. The first kappa shape index (κ1) is 16.8. The van der Waals surface area contributed by atoms with Gasteiger partial charge in [-0.1, -0.05) is 31.2 Å². The van der Waals surface area contributed by atoms with Crippen LogP contribution in [0.4, 0.5) is 0 Å². The summed E-state index contributed by atoms with van der Waals surface area (Å²) in [6, 6.07) is 13.0. The van der Waals surface area contributed by atoms with Gasteiger partial charge in [0, 0.05) is 12.3 Å². The van der Waals surface area contributed by atoms with Crippen LogP contribution in [0.15, 0.2) is 70.3 Å². The molecule has 3 rings (SSSR count). The third-order valence-electron chi connectivity index (χ3n) is 3.69. The molecule has 0 aliphatic carbocycles. The Hall–Kier alpha value is -3.08. The molecule has 25 heavy (non-hydrogen) atoms. The van der Waals surface area contributed by atoms with E-state index in [1.165, 1.54) is 17.9 Å². The Balaban J connectivity index is 1.58. The molecule has 0 radical (unpaired) electrons. The van der Waals surface area contributed by atoms with Crippen LogP contribution in [0.5, 0.6) is 11.5 Å². The lowest BCUT2D eigenvalue weighted by molar-refractivity contribution is 0.253. The van der Waals surface area contributed by atoms with Gasteiger partial charge in [0.1, 0.15) is 31.0 Å². The SMILES string of the molecule is CCc1ccc(COc2coc(COc3cccnc3)cc2=O)cc1. The minimum Gasteiger partial charge on any atom is -0.484 e. The van der Waals surface area contributed by atoms with Crippen molar-refractivity contribution in [1.29, 1.82) is 0 Å². The Morgan fingerprint density at radius 3 is 2.52 bits per heavy atom. The van der Waals surface area contributed by atoms with Gasteiger partial charge in [-0.05, 0) is 29.7 Å². The number of hydrogen-bond donors (Lipinski definition) is 0. The number of nitrogens with zero attached hydrogens (tertiary/aromatic N) is 1. The van der Waals surface area contributed by atoms with Crippen LogP contribution in [0.25, 0.3) is 0 Å². The first-order valence-electron chi connectivity index (χ1n) is 8.10. The summed E-state index contributed by atoms with van der Waals surface area (Å²) in [5, 5.41) is 0. The first-order valence-corrected chi connectivity index (χ1v) is 8.10. The number of ether oxygens (including phenoxy) is 2. The van der Waals surface area contributed by atoms with Crippen LogP contribution in [0.1, 0.15) is 23.8 Å². The third kappa shape index (κ3) is 4.70. The van der Waals surface area contributed by atoms with Crippen LogP contribution in [0.2, 0.25) is 0 Å². The van der Waals surface area contributed by atoms with Crippen molar-refractivity contribution >= 4 is 0 Å². The Morgan fingerprint density at radius 1 is 1.04 bits per heavy atom. The summed E-state index contributed by atoms with van der Waals surface area (Å²) in [7, 11) is 0. The van der Waals surface area contributed by atoms with Gasteiger partial charge in [-0.2, -0.15) is 0 Å². The Morgan fingerprint density at radius 2 is 1.84 bits per heavy atom. The number of aryl methyl sites for hydroxylation is 1. The summed E-state index contributed by atoms with van der Waals surface area (Å²) in [4.78, 5) is 16.1. The lowest BCUT2D eigenvalue weighted by Gasteiger charge is -2.07. The molecule has 0 amide bonds. The smallest absolute Gasteiger partial charge is 0.227 e. The van der Waals surface area contributed by atoms with Crippen LogP contribution in [0.3, 0.4) is 0 Å². The van der Waals surface area contributed by atoms with Gasteiger partial charge in [-0.3, -0.25) is 9.78 Å². The van der Waals surface area contributed by atoms with Crippen LogP contribution < -0.4 is 14.9 Å². The highest BCUT2D eigenvalue weighted by Crippen LogP contribution is 2.13. The quantitative estimate of drug-likeness (QED) is 0.657. The molecule has 3 aromatic rings. The summed E-state index contributed by atoms with van der Waals surface area (Å²) in [6.45, 7) is 2.58. The molecule has 0 atom stereocenters. The van der Waals surface area contributed by atoms with Crippen molar-refractivity contribution in [3.8, 4) is 11.5 Å². The topological polar surface area (TPSA) is 61.6 Å². The molecule has 0 unspecified atom stereocenters. The largest absolute Gasteiger partial charge is 0.484 e. The lowest BCUT2D eigenvalue weighted by Crippen LogP contribution is -2.09. The molecule has 0 spiro atoms. The monoisotopic (exact) mass is 337 g/mol. The molecule has 0 saturated carbocycles. The van der Waals surface area contributed by atoms with E-state index in [1.54, 1.807) is 24.5 Å². The van der Waals surface area contributed by atoms with Crippen molar-refractivity contribution in [1.82, 2.24) is 4.98 Å². The molecular formula is C20H19NO4. The van der Waals surface area contributed by atoms with E-state index in [0.717, 1.165) is 12.0 Å². The van der Waals surface area contributed by atoms with Gasteiger partial charge in [0.15, 0.2) is 0 Å². The van der Waals surface area contributed by atoms with E-state index in [-0.39, 0.29) is 17.8 Å². The maximum absolute atomic E-state index is 12.1. The molecule has 0 fully saturated rings. The van der Waals surface area contributed by atoms with E-state index in [2.05, 4.69) is 24.0 Å². The molecule has 5 nitrogen and oxygen atoms in total. The lowest BCUT2D eigenvalue weighted by atomic mass is 10.1. The predicted molar refractivity (Wildman–Crippen MR) is 93.7 cm³/mol. The van der Waals surface area contributed by atoms with E-state index >= 15 is 0 Å². The average Bonchev–Trinajstić information content (AvgIpc) is 2.67. The van der Waals surface area contributed by atoms with Gasteiger partial charge in [0.25, 0.3) is 0 Å². The molecule has 0 bridgehead atoms. The number of pyridine rings is 1. The second kappa shape index (κ2) is 8.15. The molecule has 2 heterocycles. The van der Waals surface area contributed by atoms with Crippen molar-refractivity contribution in [2.45, 2.75) is 26.6 Å².